The maximum atomic E-state index is 12.7. The third kappa shape index (κ3) is 3.97. The van der Waals surface area contributed by atoms with Gasteiger partial charge in [-0.15, -0.1) is 0 Å². The molecule has 116 valence electrons. The molecule has 0 atom stereocenters. The highest BCUT2D eigenvalue weighted by molar-refractivity contribution is 5.92. The van der Waals surface area contributed by atoms with Crippen LogP contribution in [0, 0.1) is 6.92 Å². The molecule has 0 radical (unpaired) electrons. The topological polar surface area (TPSA) is 64.1 Å². The molecule has 0 spiro atoms. The Bertz CT molecular complexity index is 660. The number of carbonyl (C=O) groups excluding carboxylic acids is 1. The summed E-state index contributed by atoms with van der Waals surface area (Å²) in [6, 6.07) is 8.14. The normalized spacial score (nSPS) is 10.6. The number of rotatable bonds is 5. The van der Waals surface area contributed by atoms with E-state index in [1.165, 1.54) is 6.92 Å². The summed E-state index contributed by atoms with van der Waals surface area (Å²) in [4.78, 5) is 19.5. The predicted octanol–water partition coefficient (Wildman–Crippen LogP) is 2.66. The first-order valence-corrected chi connectivity index (χ1v) is 6.54. The minimum atomic E-state index is -2.74. The standard InChI is InChI=1S/C15H15F2N3O2/c1-9-19-12(14(16)17)7-13(20-9)15(21)18-8-10-3-5-11(22-2)6-4-10/h3-7,14H,8H2,1-2H3,(H,18,21). The number of nitrogens with one attached hydrogen (secondary N) is 1. The number of hydrogen-bond donors (Lipinski definition) is 1. The van der Waals surface area contributed by atoms with Crippen molar-refractivity contribution in [3.05, 3.63) is 53.1 Å². The van der Waals surface area contributed by atoms with Gasteiger partial charge < -0.3 is 10.1 Å². The summed E-state index contributed by atoms with van der Waals surface area (Å²) >= 11 is 0. The number of halogens is 2. The minimum Gasteiger partial charge on any atom is -0.497 e. The van der Waals surface area contributed by atoms with Crippen molar-refractivity contribution in [1.82, 2.24) is 15.3 Å². The lowest BCUT2D eigenvalue weighted by Crippen LogP contribution is -2.24. The van der Waals surface area contributed by atoms with E-state index in [4.69, 9.17) is 4.74 Å². The van der Waals surface area contributed by atoms with Crippen LogP contribution in [0.1, 0.15) is 34.0 Å². The van der Waals surface area contributed by atoms with Gasteiger partial charge in [-0.3, -0.25) is 4.79 Å². The second-order valence-corrected chi connectivity index (χ2v) is 4.56. The van der Waals surface area contributed by atoms with Crippen molar-refractivity contribution in [2.75, 3.05) is 7.11 Å². The van der Waals surface area contributed by atoms with Crippen LogP contribution in [0.5, 0.6) is 5.75 Å². The molecule has 0 saturated carbocycles. The molecule has 5 nitrogen and oxygen atoms in total. The molecular weight excluding hydrogens is 292 g/mol. The number of carbonyl (C=O) groups is 1. The summed E-state index contributed by atoms with van der Waals surface area (Å²) in [5, 5.41) is 2.63. The molecule has 1 amide bonds. The highest BCUT2D eigenvalue weighted by Gasteiger charge is 2.15. The molecule has 22 heavy (non-hydrogen) atoms. The molecule has 0 unspecified atom stereocenters. The Balaban J connectivity index is 2.05. The van der Waals surface area contributed by atoms with E-state index in [0.717, 1.165) is 11.6 Å². The summed E-state index contributed by atoms with van der Waals surface area (Å²) in [6.07, 6.45) is -2.74. The van der Waals surface area contributed by atoms with E-state index in [2.05, 4.69) is 15.3 Å². The summed E-state index contributed by atoms with van der Waals surface area (Å²) in [5.41, 5.74) is 0.326. The van der Waals surface area contributed by atoms with Gasteiger partial charge in [0.15, 0.2) is 0 Å². The Hall–Kier alpha value is -2.57. The Morgan fingerprint density at radius 2 is 1.95 bits per heavy atom. The maximum absolute atomic E-state index is 12.7. The molecule has 0 fully saturated rings. The van der Waals surface area contributed by atoms with Crippen LogP contribution in [0.3, 0.4) is 0 Å². The van der Waals surface area contributed by atoms with Crippen LogP contribution in [-0.4, -0.2) is 23.0 Å². The smallest absolute Gasteiger partial charge is 0.280 e. The number of nitrogens with zero attached hydrogens (tertiary/aromatic N) is 2. The van der Waals surface area contributed by atoms with Crippen molar-refractivity contribution in [1.29, 1.82) is 0 Å². The molecule has 0 saturated heterocycles. The van der Waals surface area contributed by atoms with Gasteiger partial charge in [-0.25, -0.2) is 18.7 Å². The number of aryl methyl sites for hydroxylation is 1. The van der Waals surface area contributed by atoms with E-state index in [9.17, 15) is 13.6 Å². The number of benzene rings is 1. The van der Waals surface area contributed by atoms with Crippen LogP contribution >= 0.6 is 0 Å². The van der Waals surface area contributed by atoms with Gasteiger partial charge in [0.2, 0.25) is 0 Å². The van der Waals surface area contributed by atoms with Crippen molar-refractivity contribution in [3.8, 4) is 5.75 Å². The fourth-order valence-electron chi connectivity index (χ4n) is 1.84. The van der Waals surface area contributed by atoms with Crippen molar-refractivity contribution in [2.24, 2.45) is 0 Å². The summed E-state index contributed by atoms with van der Waals surface area (Å²) in [6.45, 7) is 1.72. The highest BCUT2D eigenvalue weighted by Crippen LogP contribution is 2.17. The van der Waals surface area contributed by atoms with E-state index in [0.29, 0.717) is 5.75 Å². The SMILES string of the molecule is COc1ccc(CNC(=O)c2cc(C(F)F)nc(C)n2)cc1. The Labute approximate surface area is 126 Å². The quantitative estimate of drug-likeness (QED) is 0.922. The summed E-state index contributed by atoms with van der Waals surface area (Å²) in [5.74, 6) is 0.318. The van der Waals surface area contributed by atoms with Gasteiger partial charge in [-0.1, -0.05) is 12.1 Å². The van der Waals surface area contributed by atoms with Gasteiger partial charge in [0, 0.05) is 6.54 Å². The van der Waals surface area contributed by atoms with Gasteiger partial charge in [0.05, 0.1) is 7.11 Å². The molecule has 7 heteroatoms. The largest absolute Gasteiger partial charge is 0.497 e. The molecule has 1 N–H and O–H groups in total. The number of methoxy groups -OCH3 is 1. The van der Waals surface area contributed by atoms with Crippen molar-refractivity contribution in [3.63, 3.8) is 0 Å². The lowest BCUT2D eigenvalue weighted by Gasteiger charge is -2.08. The van der Waals surface area contributed by atoms with E-state index in [1.807, 2.05) is 0 Å². The fourth-order valence-corrected chi connectivity index (χ4v) is 1.84. The molecule has 1 aromatic carbocycles. The van der Waals surface area contributed by atoms with Gasteiger partial charge in [-0.2, -0.15) is 0 Å². The third-order valence-corrected chi connectivity index (χ3v) is 2.93. The van der Waals surface area contributed by atoms with E-state index < -0.39 is 18.0 Å². The number of ether oxygens (including phenoxy) is 1. The van der Waals surface area contributed by atoms with E-state index >= 15 is 0 Å². The first-order valence-electron chi connectivity index (χ1n) is 6.54. The Kier molecular flexibility index (Phi) is 4.98. The first-order chi connectivity index (χ1) is 10.5. The number of amides is 1. The second kappa shape index (κ2) is 6.93. The first kappa shape index (κ1) is 15.8. The molecule has 2 rings (SSSR count). The van der Waals surface area contributed by atoms with E-state index in [1.54, 1.807) is 31.4 Å². The highest BCUT2D eigenvalue weighted by atomic mass is 19.3. The average Bonchev–Trinajstić information content (AvgIpc) is 2.52. The van der Waals surface area contributed by atoms with Crippen LogP contribution in [-0.2, 0) is 6.54 Å². The van der Waals surface area contributed by atoms with Crippen molar-refractivity contribution < 1.29 is 18.3 Å². The molecule has 0 aliphatic carbocycles. The minimum absolute atomic E-state index is 0.0729. The molecule has 2 aromatic rings. The van der Waals surface area contributed by atoms with Gasteiger partial charge in [0.1, 0.15) is 23.0 Å². The zero-order valence-electron chi connectivity index (χ0n) is 12.1. The number of alkyl halides is 2. The van der Waals surface area contributed by atoms with Crippen molar-refractivity contribution >= 4 is 5.91 Å². The molecule has 0 aliphatic heterocycles. The summed E-state index contributed by atoms with van der Waals surface area (Å²) in [7, 11) is 1.56. The van der Waals surface area contributed by atoms with E-state index in [-0.39, 0.29) is 18.1 Å². The molecule has 0 aliphatic rings. The van der Waals surface area contributed by atoms with Crippen LogP contribution in [0.4, 0.5) is 8.78 Å². The van der Waals surface area contributed by atoms with Crippen molar-refractivity contribution in [2.45, 2.75) is 19.9 Å². The lowest BCUT2D eigenvalue weighted by atomic mass is 10.2. The molecule has 1 aromatic heterocycles. The zero-order valence-corrected chi connectivity index (χ0v) is 12.1. The summed E-state index contributed by atoms with van der Waals surface area (Å²) < 4.78 is 30.4. The fraction of sp³-hybridized carbons (Fsp3) is 0.267. The maximum Gasteiger partial charge on any atom is 0.280 e. The van der Waals surface area contributed by atoms with Gasteiger partial charge in [0.25, 0.3) is 12.3 Å². The van der Waals surface area contributed by atoms with Gasteiger partial charge >= 0.3 is 0 Å². The monoisotopic (exact) mass is 307 g/mol. The van der Waals surface area contributed by atoms with Crippen LogP contribution in [0.25, 0.3) is 0 Å². The van der Waals surface area contributed by atoms with Crippen LogP contribution < -0.4 is 10.1 Å². The van der Waals surface area contributed by atoms with Gasteiger partial charge in [-0.05, 0) is 30.7 Å². The second-order valence-electron chi connectivity index (χ2n) is 4.56. The predicted molar refractivity (Wildman–Crippen MR) is 75.9 cm³/mol. The molecular formula is C15H15F2N3O2. The molecule has 1 heterocycles. The number of aromatic nitrogens is 2. The number of hydrogen-bond acceptors (Lipinski definition) is 4. The third-order valence-electron chi connectivity index (χ3n) is 2.93. The van der Waals surface area contributed by atoms with Crippen LogP contribution in [0.2, 0.25) is 0 Å². The zero-order chi connectivity index (χ0) is 16.1. The van der Waals surface area contributed by atoms with Crippen LogP contribution in [0.15, 0.2) is 30.3 Å². The average molecular weight is 307 g/mol. The molecule has 0 bridgehead atoms. The lowest BCUT2D eigenvalue weighted by molar-refractivity contribution is 0.0944. The Morgan fingerprint density at radius 1 is 1.27 bits per heavy atom. The Morgan fingerprint density at radius 3 is 2.55 bits per heavy atom.